The number of hydrogen-bond acceptors (Lipinski definition) is 7. The Morgan fingerprint density at radius 3 is 1.37 bits per heavy atom. The summed E-state index contributed by atoms with van der Waals surface area (Å²) in [5.74, 6) is -0.339. The van der Waals surface area contributed by atoms with Gasteiger partial charge in [-0.3, -0.25) is 9.36 Å². The molecule has 8 nitrogen and oxygen atoms in total. The lowest BCUT2D eigenvalue weighted by Crippen LogP contribution is -2.37. The minimum Gasteiger partial charge on any atom is -0.756 e. The topological polar surface area (TPSA) is 94.1 Å². The third kappa shape index (κ3) is 47.8. The van der Waals surface area contributed by atoms with Crippen LogP contribution in [0.5, 0.6) is 0 Å². The van der Waals surface area contributed by atoms with Crippen LogP contribution in [0.25, 0.3) is 0 Å². The van der Waals surface area contributed by atoms with Gasteiger partial charge in [0.2, 0.25) is 0 Å². The van der Waals surface area contributed by atoms with Crippen molar-refractivity contribution in [3.63, 3.8) is 0 Å². The van der Waals surface area contributed by atoms with Crippen molar-refractivity contribution < 1.29 is 37.3 Å². The van der Waals surface area contributed by atoms with E-state index < -0.39 is 13.9 Å². The maximum Gasteiger partial charge on any atom is 0.306 e. The van der Waals surface area contributed by atoms with Crippen molar-refractivity contribution in [2.24, 2.45) is 0 Å². The largest absolute Gasteiger partial charge is 0.756 e. The minimum absolute atomic E-state index is 0.0243. The fourth-order valence-electron chi connectivity index (χ4n) is 6.98. The molecule has 2 unspecified atom stereocenters. The number of carbonyl (C=O) groups is 1. The molecule has 0 amide bonds. The van der Waals surface area contributed by atoms with Gasteiger partial charge in [-0.05, 0) is 70.6 Å². The van der Waals surface area contributed by atoms with Crippen molar-refractivity contribution in [3.05, 3.63) is 36.5 Å². The Hall–Kier alpha value is -1.28. The Labute approximate surface area is 372 Å². The molecule has 0 aromatic carbocycles. The lowest BCUT2D eigenvalue weighted by atomic mass is 10.1. The molecule has 0 aliphatic carbocycles. The predicted molar refractivity (Wildman–Crippen MR) is 254 cm³/mol. The zero-order valence-corrected chi connectivity index (χ0v) is 41.1. The predicted octanol–water partition coefficient (Wildman–Crippen LogP) is 14.7. The summed E-state index contributed by atoms with van der Waals surface area (Å²) in [6.07, 6.45) is 53.0. The molecule has 0 spiro atoms. The summed E-state index contributed by atoms with van der Waals surface area (Å²) in [5.41, 5.74) is 0. The normalized spacial score (nSPS) is 13.9. The number of esters is 1. The second-order valence-electron chi connectivity index (χ2n) is 18.2. The molecule has 9 heteroatoms. The highest BCUT2D eigenvalue weighted by atomic mass is 31.2. The third-order valence-electron chi connectivity index (χ3n) is 10.9. The lowest BCUT2D eigenvalue weighted by molar-refractivity contribution is -0.870. The van der Waals surface area contributed by atoms with Crippen LogP contribution in [0.2, 0.25) is 0 Å². The van der Waals surface area contributed by atoms with Crippen molar-refractivity contribution in [3.8, 4) is 0 Å². The number of hydrogen-bond donors (Lipinski definition) is 0. The van der Waals surface area contributed by atoms with Crippen LogP contribution in [0.3, 0.4) is 0 Å². The van der Waals surface area contributed by atoms with Gasteiger partial charge in [-0.1, -0.05) is 185 Å². The van der Waals surface area contributed by atoms with E-state index >= 15 is 0 Å². The van der Waals surface area contributed by atoms with E-state index in [0.717, 1.165) is 38.5 Å². The number of ether oxygens (including phenoxy) is 2. The number of rotatable bonds is 47. The molecule has 0 aliphatic rings. The standard InChI is InChI=1S/C51H98NO7P/c1-6-8-10-12-14-16-18-20-22-24-25-26-27-28-30-32-34-36-38-40-42-44-51(53)59-50(49-58-60(54,55)57-47-45-52(3,4)5)48-56-46-43-41-39-37-35-33-31-29-23-21-19-17-15-13-11-9-7-2/h18,20,23-25,29,50H,6-17,19,21-22,26-28,30-49H2,1-5H3/b20-18-,25-24-,29-23-. The molecule has 0 aliphatic heterocycles. The summed E-state index contributed by atoms with van der Waals surface area (Å²) < 4.78 is 34.7. The van der Waals surface area contributed by atoms with Crippen molar-refractivity contribution in [2.75, 3.05) is 54.1 Å². The smallest absolute Gasteiger partial charge is 0.306 e. The molecular weight excluding hydrogens is 770 g/mol. The first-order chi connectivity index (χ1) is 29.1. The number of likely N-dealkylation sites (N-methyl/N-ethyl adjacent to an activating group) is 1. The zero-order valence-electron chi connectivity index (χ0n) is 40.2. The van der Waals surface area contributed by atoms with E-state index in [4.69, 9.17) is 18.5 Å². The summed E-state index contributed by atoms with van der Waals surface area (Å²) in [6.45, 7) is 5.41. The summed E-state index contributed by atoms with van der Waals surface area (Å²) in [7, 11) is 1.35. The molecular formula is C51H98NO7P. The van der Waals surface area contributed by atoms with E-state index in [1.54, 1.807) is 0 Å². The number of quaternary nitrogens is 1. The molecule has 0 heterocycles. The van der Waals surface area contributed by atoms with Gasteiger partial charge in [0.25, 0.3) is 7.82 Å². The van der Waals surface area contributed by atoms with Gasteiger partial charge < -0.3 is 27.9 Å². The van der Waals surface area contributed by atoms with Gasteiger partial charge in [0, 0.05) is 13.0 Å². The Bertz CT molecular complexity index is 1060. The van der Waals surface area contributed by atoms with Crippen LogP contribution in [-0.2, 0) is 27.9 Å². The second-order valence-corrected chi connectivity index (χ2v) is 19.6. The summed E-state index contributed by atoms with van der Waals surface area (Å²) >= 11 is 0. The molecule has 0 aromatic heterocycles. The second kappa shape index (κ2) is 44.3. The summed E-state index contributed by atoms with van der Waals surface area (Å²) in [6, 6.07) is 0. The highest BCUT2D eigenvalue weighted by molar-refractivity contribution is 7.45. The zero-order chi connectivity index (χ0) is 44.1. The van der Waals surface area contributed by atoms with E-state index in [1.807, 2.05) is 21.1 Å². The van der Waals surface area contributed by atoms with E-state index in [-0.39, 0.29) is 25.8 Å². The molecule has 2 atom stereocenters. The molecule has 0 rings (SSSR count). The van der Waals surface area contributed by atoms with Gasteiger partial charge in [0.1, 0.15) is 19.3 Å². The third-order valence-corrected chi connectivity index (χ3v) is 11.9. The SMILES string of the molecule is CCCCCCC/C=C\C/C=C\CCCCCCCCCCCC(=O)OC(COCCCCCCCC/C=C\CCCCCCCCC)COP(=O)([O-])OCC[N+](C)(C)C. The van der Waals surface area contributed by atoms with Crippen molar-refractivity contribution >= 4 is 13.8 Å². The van der Waals surface area contributed by atoms with Crippen molar-refractivity contribution in [2.45, 2.75) is 232 Å². The van der Waals surface area contributed by atoms with Crippen molar-refractivity contribution in [1.82, 2.24) is 0 Å². The van der Waals surface area contributed by atoms with Gasteiger partial charge in [0.15, 0.2) is 0 Å². The van der Waals surface area contributed by atoms with Gasteiger partial charge in [-0.15, -0.1) is 0 Å². The maximum atomic E-state index is 12.7. The molecule has 0 bridgehead atoms. The highest BCUT2D eigenvalue weighted by Gasteiger charge is 2.20. The van der Waals surface area contributed by atoms with Gasteiger partial charge in [0.05, 0.1) is 34.4 Å². The molecule has 354 valence electrons. The monoisotopic (exact) mass is 868 g/mol. The molecule has 0 fully saturated rings. The fraction of sp³-hybridized carbons (Fsp3) is 0.863. The van der Waals surface area contributed by atoms with E-state index in [2.05, 4.69) is 50.3 Å². The Kier molecular flexibility index (Phi) is 43.4. The van der Waals surface area contributed by atoms with E-state index in [9.17, 15) is 14.3 Å². The first-order valence-corrected chi connectivity index (χ1v) is 26.7. The van der Waals surface area contributed by atoms with E-state index in [0.29, 0.717) is 24.1 Å². The van der Waals surface area contributed by atoms with E-state index in [1.165, 1.54) is 167 Å². The number of unbranched alkanes of at least 4 members (excludes halogenated alkanes) is 27. The average molecular weight is 868 g/mol. The Morgan fingerprint density at radius 2 is 0.917 bits per heavy atom. The summed E-state index contributed by atoms with van der Waals surface area (Å²) in [5, 5.41) is 0. The number of phosphoric acid groups is 1. The van der Waals surface area contributed by atoms with Crippen LogP contribution in [-0.4, -0.2) is 70.7 Å². The molecule has 0 saturated heterocycles. The first-order valence-electron chi connectivity index (χ1n) is 25.2. The quantitative estimate of drug-likeness (QED) is 0.0198. The first kappa shape index (κ1) is 58.7. The van der Waals surface area contributed by atoms with Gasteiger partial charge >= 0.3 is 5.97 Å². The Balaban J connectivity index is 4.16. The number of nitrogens with zero attached hydrogens (tertiary/aromatic N) is 1. The van der Waals surface area contributed by atoms with Crippen molar-refractivity contribution in [1.29, 1.82) is 0 Å². The number of allylic oxidation sites excluding steroid dienone is 6. The van der Waals surface area contributed by atoms with Crippen LogP contribution in [0.15, 0.2) is 36.5 Å². The number of carbonyl (C=O) groups excluding carboxylic acids is 1. The van der Waals surface area contributed by atoms with Gasteiger partial charge in [-0.25, -0.2) is 0 Å². The molecule has 0 radical (unpaired) electrons. The van der Waals surface area contributed by atoms with Crippen LogP contribution < -0.4 is 4.89 Å². The van der Waals surface area contributed by atoms with Crippen LogP contribution >= 0.6 is 7.82 Å². The molecule has 0 saturated carbocycles. The van der Waals surface area contributed by atoms with Crippen LogP contribution in [0.4, 0.5) is 0 Å². The van der Waals surface area contributed by atoms with Crippen LogP contribution in [0, 0.1) is 0 Å². The lowest BCUT2D eigenvalue weighted by Gasteiger charge is -2.28. The molecule has 60 heavy (non-hydrogen) atoms. The maximum absolute atomic E-state index is 12.7. The molecule has 0 N–H and O–H groups in total. The summed E-state index contributed by atoms with van der Waals surface area (Å²) in [4.78, 5) is 25.2. The minimum atomic E-state index is -4.53. The highest BCUT2D eigenvalue weighted by Crippen LogP contribution is 2.38. The Morgan fingerprint density at radius 1 is 0.517 bits per heavy atom. The average Bonchev–Trinajstić information content (AvgIpc) is 3.20. The number of phosphoric ester groups is 1. The molecule has 0 aromatic rings. The van der Waals surface area contributed by atoms with Gasteiger partial charge in [-0.2, -0.15) is 0 Å². The van der Waals surface area contributed by atoms with Crippen LogP contribution in [0.1, 0.15) is 226 Å². The fourth-order valence-corrected chi connectivity index (χ4v) is 7.71.